The van der Waals surface area contributed by atoms with Gasteiger partial charge in [0.05, 0.1) is 13.2 Å². The molecule has 0 aromatic heterocycles. The molecule has 2 atom stereocenters. The maximum atomic E-state index is 5.35. The van der Waals surface area contributed by atoms with Gasteiger partial charge < -0.3 is 15.4 Å². The zero-order valence-electron chi connectivity index (χ0n) is 8.83. The Balaban J connectivity index is 2.03. The molecule has 3 heteroatoms. The van der Waals surface area contributed by atoms with E-state index >= 15 is 0 Å². The van der Waals surface area contributed by atoms with E-state index in [1.54, 1.807) is 0 Å². The van der Waals surface area contributed by atoms with Gasteiger partial charge in [-0.1, -0.05) is 13.8 Å². The van der Waals surface area contributed by atoms with Crippen LogP contribution in [0.15, 0.2) is 0 Å². The normalized spacial score (nSPS) is 29.8. The molecule has 0 spiro atoms. The third-order valence-corrected chi connectivity index (χ3v) is 2.88. The van der Waals surface area contributed by atoms with Crippen molar-refractivity contribution in [2.75, 3.05) is 39.4 Å². The van der Waals surface area contributed by atoms with E-state index in [0.29, 0.717) is 13.2 Å². The third-order valence-electron chi connectivity index (χ3n) is 2.88. The number of rotatable bonds is 5. The van der Waals surface area contributed by atoms with Crippen LogP contribution in [-0.4, -0.2) is 44.3 Å². The predicted molar refractivity (Wildman–Crippen MR) is 54.6 cm³/mol. The second-order valence-electron chi connectivity index (χ2n) is 4.12. The van der Waals surface area contributed by atoms with Gasteiger partial charge in [-0.2, -0.15) is 0 Å². The third kappa shape index (κ3) is 3.63. The highest BCUT2D eigenvalue weighted by atomic mass is 16.5. The lowest BCUT2D eigenvalue weighted by Gasteiger charge is -2.14. The summed E-state index contributed by atoms with van der Waals surface area (Å²) in [6.07, 6.45) is 0. The van der Waals surface area contributed by atoms with Crippen LogP contribution in [0.25, 0.3) is 0 Å². The average Bonchev–Trinajstić information content (AvgIpc) is 2.41. The minimum atomic E-state index is 0.632. The molecule has 0 aliphatic carbocycles. The molecule has 1 aliphatic rings. The van der Waals surface area contributed by atoms with Gasteiger partial charge in [0.25, 0.3) is 0 Å². The summed E-state index contributed by atoms with van der Waals surface area (Å²) in [7, 11) is 0. The smallest absolute Gasteiger partial charge is 0.0594 e. The van der Waals surface area contributed by atoms with Crippen LogP contribution in [0.3, 0.4) is 0 Å². The van der Waals surface area contributed by atoms with Gasteiger partial charge in [-0.15, -0.1) is 0 Å². The Morgan fingerprint density at radius 3 is 2.38 bits per heavy atom. The summed E-state index contributed by atoms with van der Waals surface area (Å²) < 4.78 is 5.35. The molecule has 13 heavy (non-hydrogen) atoms. The van der Waals surface area contributed by atoms with Crippen LogP contribution >= 0.6 is 0 Å². The van der Waals surface area contributed by atoms with E-state index < -0.39 is 0 Å². The highest BCUT2D eigenvalue weighted by Gasteiger charge is 2.25. The second-order valence-corrected chi connectivity index (χ2v) is 4.12. The number of hydrogen-bond donors (Lipinski definition) is 1. The average molecular weight is 186 g/mol. The SMILES string of the molecule is CC1CN(CCOCCN)CC1C. The van der Waals surface area contributed by atoms with E-state index in [-0.39, 0.29) is 0 Å². The predicted octanol–water partition coefficient (Wildman–Crippen LogP) is 0.550. The summed E-state index contributed by atoms with van der Waals surface area (Å²) in [4.78, 5) is 2.48. The summed E-state index contributed by atoms with van der Waals surface area (Å²) in [5, 5.41) is 0. The summed E-state index contributed by atoms with van der Waals surface area (Å²) in [5.41, 5.74) is 5.33. The van der Waals surface area contributed by atoms with Crippen LogP contribution in [0.4, 0.5) is 0 Å². The van der Waals surface area contributed by atoms with Gasteiger partial charge in [-0.05, 0) is 11.8 Å². The molecule has 0 saturated carbocycles. The van der Waals surface area contributed by atoms with Gasteiger partial charge in [0.2, 0.25) is 0 Å². The molecule has 0 radical (unpaired) electrons. The number of ether oxygens (including phenoxy) is 1. The molecule has 1 rings (SSSR count). The van der Waals surface area contributed by atoms with Crippen LogP contribution in [0.2, 0.25) is 0 Å². The lowest BCUT2D eigenvalue weighted by Crippen LogP contribution is -2.26. The Hall–Kier alpha value is -0.120. The Bertz CT molecular complexity index is 131. The monoisotopic (exact) mass is 186 g/mol. The minimum absolute atomic E-state index is 0.632. The van der Waals surface area contributed by atoms with Crippen LogP contribution in [0.1, 0.15) is 13.8 Å². The summed E-state index contributed by atoms with van der Waals surface area (Å²) >= 11 is 0. The molecule has 0 aromatic rings. The molecule has 1 saturated heterocycles. The van der Waals surface area contributed by atoms with Crippen molar-refractivity contribution >= 4 is 0 Å². The van der Waals surface area contributed by atoms with Gasteiger partial charge in [0.15, 0.2) is 0 Å². The Morgan fingerprint density at radius 2 is 1.85 bits per heavy atom. The van der Waals surface area contributed by atoms with Gasteiger partial charge in [0.1, 0.15) is 0 Å². The summed E-state index contributed by atoms with van der Waals surface area (Å²) in [5.74, 6) is 1.68. The zero-order valence-corrected chi connectivity index (χ0v) is 8.83. The van der Waals surface area contributed by atoms with Crippen LogP contribution in [0.5, 0.6) is 0 Å². The van der Waals surface area contributed by atoms with E-state index in [0.717, 1.165) is 25.0 Å². The maximum absolute atomic E-state index is 5.35. The maximum Gasteiger partial charge on any atom is 0.0594 e. The molecule has 1 fully saturated rings. The van der Waals surface area contributed by atoms with E-state index in [2.05, 4.69) is 18.7 Å². The lowest BCUT2D eigenvalue weighted by atomic mass is 10.0. The number of hydrogen-bond acceptors (Lipinski definition) is 3. The van der Waals surface area contributed by atoms with Gasteiger partial charge in [-0.25, -0.2) is 0 Å². The fraction of sp³-hybridized carbons (Fsp3) is 1.00. The molecule has 3 nitrogen and oxygen atoms in total. The standard InChI is InChI=1S/C10H22N2O/c1-9-7-12(8-10(9)2)4-6-13-5-3-11/h9-10H,3-8,11H2,1-2H3. The van der Waals surface area contributed by atoms with Crippen LogP contribution in [-0.2, 0) is 4.74 Å². The van der Waals surface area contributed by atoms with E-state index in [4.69, 9.17) is 10.5 Å². The fourth-order valence-corrected chi connectivity index (χ4v) is 1.81. The largest absolute Gasteiger partial charge is 0.379 e. The first-order chi connectivity index (χ1) is 6.24. The Labute approximate surface area is 81.2 Å². The molecule has 2 unspecified atom stereocenters. The number of nitrogens with zero attached hydrogens (tertiary/aromatic N) is 1. The van der Waals surface area contributed by atoms with Gasteiger partial charge >= 0.3 is 0 Å². The quantitative estimate of drug-likeness (QED) is 0.637. The Kier molecular flexibility index (Phi) is 4.70. The van der Waals surface area contributed by atoms with Crippen molar-refractivity contribution in [2.45, 2.75) is 13.8 Å². The van der Waals surface area contributed by atoms with Crippen molar-refractivity contribution < 1.29 is 4.74 Å². The van der Waals surface area contributed by atoms with Crippen molar-refractivity contribution in [1.82, 2.24) is 4.90 Å². The molecule has 78 valence electrons. The van der Waals surface area contributed by atoms with E-state index in [1.807, 2.05) is 0 Å². The molecule has 1 aliphatic heterocycles. The molecule has 1 heterocycles. The van der Waals surface area contributed by atoms with Crippen molar-refractivity contribution in [2.24, 2.45) is 17.6 Å². The fourth-order valence-electron chi connectivity index (χ4n) is 1.81. The highest BCUT2D eigenvalue weighted by Crippen LogP contribution is 2.21. The van der Waals surface area contributed by atoms with Crippen molar-refractivity contribution in [3.05, 3.63) is 0 Å². The molecule has 2 N–H and O–H groups in total. The number of likely N-dealkylation sites (tertiary alicyclic amines) is 1. The minimum Gasteiger partial charge on any atom is -0.379 e. The molecule has 0 aromatic carbocycles. The molecular weight excluding hydrogens is 164 g/mol. The molecule has 0 amide bonds. The van der Waals surface area contributed by atoms with Crippen LogP contribution in [0, 0.1) is 11.8 Å². The second kappa shape index (κ2) is 5.58. The zero-order chi connectivity index (χ0) is 9.68. The van der Waals surface area contributed by atoms with Crippen molar-refractivity contribution in [3.8, 4) is 0 Å². The topological polar surface area (TPSA) is 38.5 Å². The molecule has 0 bridgehead atoms. The first kappa shape index (κ1) is 11.0. The van der Waals surface area contributed by atoms with E-state index in [1.165, 1.54) is 13.1 Å². The number of nitrogens with two attached hydrogens (primary N) is 1. The highest BCUT2D eigenvalue weighted by molar-refractivity contribution is 4.77. The first-order valence-corrected chi connectivity index (χ1v) is 5.24. The van der Waals surface area contributed by atoms with Gasteiger partial charge in [0, 0.05) is 26.2 Å². The van der Waals surface area contributed by atoms with Gasteiger partial charge in [-0.3, -0.25) is 0 Å². The Morgan fingerprint density at radius 1 is 1.23 bits per heavy atom. The first-order valence-electron chi connectivity index (χ1n) is 5.24. The summed E-state index contributed by atoms with van der Waals surface area (Å²) in [6, 6.07) is 0. The summed E-state index contributed by atoms with van der Waals surface area (Å²) in [6.45, 7) is 10.3. The van der Waals surface area contributed by atoms with Crippen LogP contribution < -0.4 is 5.73 Å². The lowest BCUT2D eigenvalue weighted by molar-refractivity contribution is 0.115. The molecular formula is C10H22N2O. The van der Waals surface area contributed by atoms with Crippen molar-refractivity contribution in [1.29, 1.82) is 0 Å². The van der Waals surface area contributed by atoms with E-state index in [9.17, 15) is 0 Å². The van der Waals surface area contributed by atoms with Crippen molar-refractivity contribution in [3.63, 3.8) is 0 Å².